The van der Waals surface area contributed by atoms with Crippen LogP contribution in [0.3, 0.4) is 0 Å². The number of alkyl halides is 3. The summed E-state index contributed by atoms with van der Waals surface area (Å²) in [6.07, 6.45) is -3.14. The lowest BCUT2D eigenvalue weighted by atomic mass is 9.73. The second-order valence-corrected chi connectivity index (χ2v) is 6.98. The minimum absolute atomic E-state index is 0.0562. The number of nitrogens with zero attached hydrogens (tertiary/aromatic N) is 1. The molecule has 0 spiro atoms. The molecule has 0 aromatic rings. The van der Waals surface area contributed by atoms with Crippen molar-refractivity contribution in [1.29, 1.82) is 0 Å². The van der Waals surface area contributed by atoms with Gasteiger partial charge in [-0.1, -0.05) is 13.8 Å². The van der Waals surface area contributed by atoms with E-state index < -0.39 is 35.9 Å². The van der Waals surface area contributed by atoms with E-state index in [2.05, 4.69) is 0 Å². The Kier molecular flexibility index (Phi) is 4.94. The monoisotopic (exact) mass is 336 g/mol. The van der Waals surface area contributed by atoms with Crippen LogP contribution in [-0.4, -0.2) is 49.2 Å². The molecule has 8 heteroatoms. The molecule has 0 radical (unpaired) electrons. The van der Waals surface area contributed by atoms with E-state index in [9.17, 15) is 22.8 Å². The van der Waals surface area contributed by atoms with E-state index in [0.29, 0.717) is 26.1 Å². The second kappa shape index (κ2) is 6.30. The summed E-state index contributed by atoms with van der Waals surface area (Å²) in [5, 5.41) is 0. The zero-order valence-corrected chi connectivity index (χ0v) is 13.4. The maximum atomic E-state index is 13.1. The fourth-order valence-electron chi connectivity index (χ4n) is 3.59. The molecule has 2 aliphatic rings. The van der Waals surface area contributed by atoms with Crippen LogP contribution in [0, 0.1) is 23.2 Å². The summed E-state index contributed by atoms with van der Waals surface area (Å²) in [5.74, 6) is -4.55. The van der Waals surface area contributed by atoms with E-state index in [-0.39, 0.29) is 18.4 Å². The van der Waals surface area contributed by atoms with Gasteiger partial charge in [-0.15, -0.1) is 0 Å². The molecule has 2 N–H and O–H groups in total. The normalized spacial score (nSPS) is 27.3. The van der Waals surface area contributed by atoms with Gasteiger partial charge in [0.2, 0.25) is 11.8 Å². The molecular weight excluding hydrogens is 313 g/mol. The summed E-state index contributed by atoms with van der Waals surface area (Å²) >= 11 is 0. The van der Waals surface area contributed by atoms with E-state index in [4.69, 9.17) is 10.5 Å². The Bertz CT molecular complexity index is 473. The first kappa shape index (κ1) is 18.0. The quantitative estimate of drug-likeness (QED) is 0.850. The van der Waals surface area contributed by atoms with E-state index in [1.807, 2.05) is 0 Å². The van der Waals surface area contributed by atoms with Crippen molar-refractivity contribution >= 4 is 11.8 Å². The third-order valence-corrected chi connectivity index (χ3v) is 5.19. The SMILES string of the molecule is CC(C)(C(=O)N1C[C@@H](C(F)(F)F)[C@H](C(N)=O)C1)C1CCOCC1. The topological polar surface area (TPSA) is 72.6 Å². The van der Waals surface area contributed by atoms with Gasteiger partial charge < -0.3 is 15.4 Å². The molecule has 2 rings (SSSR count). The smallest absolute Gasteiger partial charge is 0.381 e. The molecule has 0 unspecified atom stereocenters. The summed E-state index contributed by atoms with van der Waals surface area (Å²) in [7, 11) is 0. The minimum atomic E-state index is -4.54. The van der Waals surface area contributed by atoms with Crippen molar-refractivity contribution < 1.29 is 27.5 Å². The van der Waals surface area contributed by atoms with Crippen LogP contribution in [0.5, 0.6) is 0 Å². The first-order valence-corrected chi connectivity index (χ1v) is 7.78. The summed E-state index contributed by atoms with van der Waals surface area (Å²) in [5.41, 5.74) is 4.32. The molecule has 2 atom stereocenters. The number of amides is 2. The maximum Gasteiger partial charge on any atom is 0.394 e. The van der Waals surface area contributed by atoms with Crippen LogP contribution in [-0.2, 0) is 14.3 Å². The highest BCUT2D eigenvalue weighted by atomic mass is 19.4. The number of carbonyl (C=O) groups excluding carboxylic acids is 2. The average Bonchev–Trinajstić information content (AvgIpc) is 2.92. The number of rotatable bonds is 3. The highest BCUT2D eigenvalue weighted by Gasteiger charge is 2.54. The van der Waals surface area contributed by atoms with Crippen LogP contribution in [0.4, 0.5) is 13.2 Å². The fourth-order valence-corrected chi connectivity index (χ4v) is 3.59. The summed E-state index contributed by atoms with van der Waals surface area (Å²) in [6.45, 7) is 3.86. The van der Waals surface area contributed by atoms with E-state index in [1.165, 1.54) is 0 Å². The zero-order chi connectivity index (χ0) is 17.4. The number of hydrogen-bond acceptors (Lipinski definition) is 3. The Morgan fingerprint density at radius 3 is 2.13 bits per heavy atom. The zero-order valence-electron chi connectivity index (χ0n) is 13.4. The van der Waals surface area contributed by atoms with Crippen molar-refractivity contribution in [2.24, 2.45) is 28.9 Å². The molecular formula is C15H23F3N2O3. The van der Waals surface area contributed by atoms with Crippen molar-refractivity contribution in [3.8, 4) is 0 Å². The third-order valence-electron chi connectivity index (χ3n) is 5.19. The van der Waals surface area contributed by atoms with Gasteiger partial charge in [0.25, 0.3) is 0 Å². The van der Waals surface area contributed by atoms with Crippen molar-refractivity contribution in [3.63, 3.8) is 0 Å². The Labute approximate surface area is 133 Å². The van der Waals surface area contributed by atoms with Gasteiger partial charge in [0.05, 0.1) is 11.8 Å². The van der Waals surface area contributed by atoms with Crippen LogP contribution >= 0.6 is 0 Å². The van der Waals surface area contributed by atoms with Gasteiger partial charge in [0, 0.05) is 31.7 Å². The van der Waals surface area contributed by atoms with Gasteiger partial charge in [-0.25, -0.2) is 0 Å². The predicted octanol–water partition coefficient (Wildman–Crippen LogP) is 1.56. The lowest BCUT2D eigenvalue weighted by Crippen LogP contribution is -2.46. The molecule has 2 aliphatic heterocycles. The molecule has 2 fully saturated rings. The van der Waals surface area contributed by atoms with Gasteiger partial charge in [0.1, 0.15) is 0 Å². The molecule has 132 valence electrons. The number of primary amides is 1. The first-order chi connectivity index (χ1) is 10.5. The second-order valence-electron chi connectivity index (χ2n) is 6.98. The number of nitrogens with two attached hydrogens (primary N) is 1. The van der Waals surface area contributed by atoms with E-state index >= 15 is 0 Å². The highest BCUT2D eigenvalue weighted by molar-refractivity contribution is 5.85. The largest absolute Gasteiger partial charge is 0.394 e. The van der Waals surface area contributed by atoms with Crippen LogP contribution < -0.4 is 5.73 Å². The van der Waals surface area contributed by atoms with Crippen LogP contribution in [0.25, 0.3) is 0 Å². The molecule has 0 aromatic heterocycles. The minimum Gasteiger partial charge on any atom is -0.381 e. The summed E-state index contributed by atoms with van der Waals surface area (Å²) < 4.78 is 44.6. The molecule has 23 heavy (non-hydrogen) atoms. The van der Waals surface area contributed by atoms with Gasteiger partial charge in [-0.3, -0.25) is 9.59 Å². The van der Waals surface area contributed by atoms with Crippen molar-refractivity contribution in [2.75, 3.05) is 26.3 Å². The fraction of sp³-hybridized carbons (Fsp3) is 0.867. The Morgan fingerprint density at radius 2 is 1.70 bits per heavy atom. The lowest BCUT2D eigenvalue weighted by molar-refractivity contribution is -0.183. The number of halogens is 3. The standard InChI is InChI=1S/C15H23F3N2O3/c1-14(2,9-3-5-23-6-4-9)13(22)20-7-10(12(19)21)11(8-20)15(16,17)18/h9-11H,3-8H2,1-2H3,(H2,19,21)/t10-,11-/m1/s1. The van der Waals surface area contributed by atoms with Crippen molar-refractivity contribution in [3.05, 3.63) is 0 Å². The van der Waals surface area contributed by atoms with Gasteiger partial charge in [0.15, 0.2) is 0 Å². The van der Waals surface area contributed by atoms with Gasteiger partial charge >= 0.3 is 6.18 Å². The Hall–Kier alpha value is -1.31. The average molecular weight is 336 g/mol. The molecule has 5 nitrogen and oxygen atoms in total. The summed E-state index contributed by atoms with van der Waals surface area (Å²) in [4.78, 5) is 25.3. The molecule has 0 aromatic carbocycles. The van der Waals surface area contributed by atoms with Crippen molar-refractivity contribution in [1.82, 2.24) is 4.90 Å². The Balaban J connectivity index is 2.14. The molecule has 2 saturated heterocycles. The van der Waals surface area contributed by atoms with Gasteiger partial charge in [-0.2, -0.15) is 13.2 Å². The number of likely N-dealkylation sites (tertiary alicyclic amines) is 1. The van der Waals surface area contributed by atoms with Crippen LogP contribution in [0.2, 0.25) is 0 Å². The van der Waals surface area contributed by atoms with Crippen LogP contribution in [0.15, 0.2) is 0 Å². The molecule has 0 saturated carbocycles. The van der Waals surface area contributed by atoms with Crippen LogP contribution in [0.1, 0.15) is 26.7 Å². The van der Waals surface area contributed by atoms with E-state index in [0.717, 1.165) is 4.90 Å². The first-order valence-electron chi connectivity index (χ1n) is 7.78. The number of hydrogen-bond donors (Lipinski definition) is 1. The maximum absolute atomic E-state index is 13.1. The Morgan fingerprint density at radius 1 is 1.13 bits per heavy atom. The number of carbonyl (C=O) groups is 2. The molecule has 2 heterocycles. The molecule has 0 aliphatic carbocycles. The van der Waals surface area contributed by atoms with E-state index in [1.54, 1.807) is 13.8 Å². The van der Waals surface area contributed by atoms with Gasteiger partial charge in [-0.05, 0) is 18.8 Å². The molecule has 2 amide bonds. The lowest BCUT2D eigenvalue weighted by Gasteiger charge is -2.38. The predicted molar refractivity (Wildman–Crippen MR) is 76.1 cm³/mol. The van der Waals surface area contributed by atoms with Crippen molar-refractivity contribution in [2.45, 2.75) is 32.9 Å². The number of ether oxygens (including phenoxy) is 1. The molecule has 0 bridgehead atoms. The third kappa shape index (κ3) is 3.62. The summed E-state index contributed by atoms with van der Waals surface area (Å²) in [6, 6.07) is 0. The highest BCUT2D eigenvalue weighted by Crippen LogP contribution is 2.41.